The van der Waals surface area contributed by atoms with Crippen LogP contribution in [-0.2, 0) is 6.54 Å². The lowest BCUT2D eigenvalue weighted by Gasteiger charge is -2.10. The van der Waals surface area contributed by atoms with Crippen LogP contribution in [0.2, 0.25) is 0 Å². The van der Waals surface area contributed by atoms with E-state index in [4.69, 9.17) is 4.74 Å². The Kier molecular flexibility index (Phi) is 5.19. The van der Waals surface area contributed by atoms with Crippen molar-refractivity contribution in [3.8, 4) is 16.9 Å². The Labute approximate surface area is 121 Å². The quantitative estimate of drug-likeness (QED) is 0.795. The average molecular weight is 269 g/mol. The van der Waals surface area contributed by atoms with Crippen molar-refractivity contribution in [1.82, 2.24) is 5.32 Å². The summed E-state index contributed by atoms with van der Waals surface area (Å²) in [7, 11) is 1.69. The van der Waals surface area contributed by atoms with Gasteiger partial charge in [0.05, 0.1) is 7.11 Å². The van der Waals surface area contributed by atoms with Crippen LogP contribution < -0.4 is 10.1 Å². The molecule has 0 aliphatic heterocycles. The molecular formula is C18H23NO. The molecule has 0 radical (unpaired) electrons. The highest BCUT2D eigenvalue weighted by atomic mass is 16.5. The molecule has 0 aromatic heterocycles. The number of hydrogen-bond donors (Lipinski definition) is 1. The van der Waals surface area contributed by atoms with E-state index >= 15 is 0 Å². The molecule has 0 aliphatic rings. The van der Waals surface area contributed by atoms with Gasteiger partial charge in [-0.05, 0) is 60.3 Å². The molecular weight excluding hydrogens is 246 g/mol. The molecule has 0 spiro atoms. The van der Waals surface area contributed by atoms with Crippen LogP contribution >= 0.6 is 0 Å². The van der Waals surface area contributed by atoms with Gasteiger partial charge >= 0.3 is 0 Å². The van der Waals surface area contributed by atoms with E-state index in [9.17, 15) is 0 Å². The first-order valence-corrected chi connectivity index (χ1v) is 7.19. The van der Waals surface area contributed by atoms with Gasteiger partial charge in [-0.3, -0.25) is 0 Å². The van der Waals surface area contributed by atoms with Gasteiger partial charge in [0.2, 0.25) is 0 Å². The molecule has 2 rings (SSSR count). The fourth-order valence-corrected chi connectivity index (χ4v) is 2.27. The van der Waals surface area contributed by atoms with Crippen molar-refractivity contribution >= 4 is 0 Å². The van der Waals surface area contributed by atoms with Crippen LogP contribution in [0.4, 0.5) is 0 Å². The highest BCUT2D eigenvalue weighted by molar-refractivity contribution is 5.68. The van der Waals surface area contributed by atoms with E-state index in [-0.39, 0.29) is 0 Å². The molecule has 1 N–H and O–H groups in total. The van der Waals surface area contributed by atoms with Gasteiger partial charge in [0, 0.05) is 6.54 Å². The zero-order valence-electron chi connectivity index (χ0n) is 12.6. The maximum Gasteiger partial charge on any atom is 0.118 e. The number of aryl methyl sites for hydroxylation is 1. The van der Waals surface area contributed by atoms with E-state index in [1.165, 1.54) is 22.3 Å². The first-order valence-electron chi connectivity index (χ1n) is 7.19. The molecule has 0 aliphatic carbocycles. The predicted molar refractivity (Wildman–Crippen MR) is 85.2 cm³/mol. The molecule has 0 saturated heterocycles. The third-order valence-electron chi connectivity index (χ3n) is 3.46. The Morgan fingerprint density at radius 2 is 1.80 bits per heavy atom. The molecule has 2 nitrogen and oxygen atoms in total. The molecule has 2 aromatic rings. The standard InChI is InChI=1S/C18H23NO/c1-4-11-19-13-15-6-5-14(2)18(12-15)16-7-9-17(20-3)10-8-16/h5-10,12,19H,4,11,13H2,1-3H3. The highest BCUT2D eigenvalue weighted by Crippen LogP contribution is 2.26. The number of ether oxygens (including phenoxy) is 1. The van der Waals surface area contributed by atoms with E-state index in [0.717, 1.165) is 25.3 Å². The molecule has 106 valence electrons. The summed E-state index contributed by atoms with van der Waals surface area (Å²) in [4.78, 5) is 0. The largest absolute Gasteiger partial charge is 0.497 e. The van der Waals surface area contributed by atoms with Crippen LogP contribution in [0.15, 0.2) is 42.5 Å². The van der Waals surface area contributed by atoms with Crippen molar-refractivity contribution in [2.45, 2.75) is 26.8 Å². The monoisotopic (exact) mass is 269 g/mol. The van der Waals surface area contributed by atoms with Crippen LogP contribution in [-0.4, -0.2) is 13.7 Å². The van der Waals surface area contributed by atoms with E-state index in [0.29, 0.717) is 0 Å². The molecule has 0 bridgehead atoms. The van der Waals surface area contributed by atoms with Gasteiger partial charge in [0.1, 0.15) is 5.75 Å². The fourth-order valence-electron chi connectivity index (χ4n) is 2.27. The number of nitrogens with one attached hydrogen (secondary N) is 1. The minimum atomic E-state index is 0.896. The zero-order chi connectivity index (χ0) is 14.4. The first kappa shape index (κ1) is 14.6. The summed E-state index contributed by atoms with van der Waals surface area (Å²) in [6.45, 7) is 6.33. The molecule has 2 heteroatoms. The van der Waals surface area contributed by atoms with Gasteiger partial charge < -0.3 is 10.1 Å². The number of hydrogen-bond acceptors (Lipinski definition) is 2. The van der Waals surface area contributed by atoms with Crippen LogP contribution in [0.5, 0.6) is 5.75 Å². The Morgan fingerprint density at radius 3 is 2.45 bits per heavy atom. The maximum absolute atomic E-state index is 5.21. The van der Waals surface area contributed by atoms with Crippen LogP contribution in [0, 0.1) is 6.92 Å². The van der Waals surface area contributed by atoms with E-state index in [1.807, 2.05) is 12.1 Å². The van der Waals surface area contributed by atoms with Gasteiger partial charge in [-0.1, -0.05) is 31.2 Å². The lowest BCUT2D eigenvalue weighted by Crippen LogP contribution is -2.13. The topological polar surface area (TPSA) is 21.3 Å². The molecule has 0 unspecified atom stereocenters. The van der Waals surface area contributed by atoms with Gasteiger partial charge in [0.15, 0.2) is 0 Å². The smallest absolute Gasteiger partial charge is 0.118 e. The van der Waals surface area contributed by atoms with Crippen molar-refractivity contribution in [3.05, 3.63) is 53.6 Å². The Bertz CT molecular complexity index is 546. The van der Waals surface area contributed by atoms with Crippen LogP contribution in [0.1, 0.15) is 24.5 Å². The van der Waals surface area contributed by atoms with Crippen LogP contribution in [0.3, 0.4) is 0 Å². The summed E-state index contributed by atoms with van der Waals surface area (Å²) in [5, 5.41) is 3.45. The number of rotatable bonds is 6. The molecule has 0 atom stereocenters. The SMILES string of the molecule is CCCNCc1ccc(C)c(-c2ccc(OC)cc2)c1. The molecule has 0 heterocycles. The van der Waals surface area contributed by atoms with Crippen molar-refractivity contribution in [2.75, 3.05) is 13.7 Å². The molecule has 0 saturated carbocycles. The maximum atomic E-state index is 5.21. The molecule has 0 amide bonds. The second-order valence-electron chi connectivity index (χ2n) is 5.05. The lowest BCUT2D eigenvalue weighted by atomic mass is 9.98. The summed E-state index contributed by atoms with van der Waals surface area (Å²) in [6, 6.07) is 14.9. The Balaban J connectivity index is 2.22. The second kappa shape index (κ2) is 7.11. The zero-order valence-corrected chi connectivity index (χ0v) is 12.6. The second-order valence-corrected chi connectivity index (χ2v) is 5.05. The number of methoxy groups -OCH3 is 1. The van der Waals surface area contributed by atoms with Crippen molar-refractivity contribution < 1.29 is 4.74 Å². The fraction of sp³-hybridized carbons (Fsp3) is 0.333. The van der Waals surface area contributed by atoms with Gasteiger partial charge in [-0.15, -0.1) is 0 Å². The third kappa shape index (κ3) is 3.61. The summed E-state index contributed by atoms with van der Waals surface area (Å²) >= 11 is 0. The lowest BCUT2D eigenvalue weighted by molar-refractivity contribution is 0.415. The number of benzene rings is 2. The normalized spacial score (nSPS) is 10.6. The minimum absolute atomic E-state index is 0.896. The summed E-state index contributed by atoms with van der Waals surface area (Å²) in [5.74, 6) is 0.896. The third-order valence-corrected chi connectivity index (χ3v) is 3.46. The first-order chi connectivity index (χ1) is 9.74. The summed E-state index contributed by atoms with van der Waals surface area (Å²) in [6.07, 6.45) is 1.16. The van der Waals surface area contributed by atoms with Crippen molar-refractivity contribution in [2.24, 2.45) is 0 Å². The van der Waals surface area contributed by atoms with E-state index < -0.39 is 0 Å². The summed E-state index contributed by atoms with van der Waals surface area (Å²) < 4.78 is 5.21. The average Bonchev–Trinajstić information content (AvgIpc) is 2.49. The van der Waals surface area contributed by atoms with E-state index in [1.54, 1.807) is 7.11 Å². The minimum Gasteiger partial charge on any atom is -0.497 e. The molecule has 2 aromatic carbocycles. The van der Waals surface area contributed by atoms with Crippen molar-refractivity contribution in [3.63, 3.8) is 0 Å². The highest BCUT2D eigenvalue weighted by Gasteiger charge is 2.04. The van der Waals surface area contributed by atoms with Crippen LogP contribution in [0.25, 0.3) is 11.1 Å². The Morgan fingerprint density at radius 1 is 1.05 bits per heavy atom. The molecule has 0 fully saturated rings. The van der Waals surface area contributed by atoms with Gasteiger partial charge in [-0.2, -0.15) is 0 Å². The predicted octanol–water partition coefficient (Wildman–Crippen LogP) is 4.17. The van der Waals surface area contributed by atoms with E-state index in [2.05, 4.69) is 49.5 Å². The molecule has 20 heavy (non-hydrogen) atoms. The van der Waals surface area contributed by atoms with Gasteiger partial charge in [-0.25, -0.2) is 0 Å². The van der Waals surface area contributed by atoms with Crippen molar-refractivity contribution in [1.29, 1.82) is 0 Å². The van der Waals surface area contributed by atoms with Gasteiger partial charge in [0.25, 0.3) is 0 Å². The Hall–Kier alpha value is -1.80. The summed E-state index contributed by atoms with van der Waals surface area (Å²) in [5.41, 5.74) is 5.16.